The average Bonchev–Trinajstić information content (AvgIpc) is 2.19. The molecule has 0 aliphatic rings. The van der Waals surface area contributed by atoms with Crippen LogP contribution in [0.4, 0.5) is 5.69 Å². The number of amides is 1. The molecule has 0 fully saturated rings. The molecule has 1 aromatic carbocycles. The van der Waals surface area contributed by atoms with Gasteiger partial charge in [0.15, 0.2) is 0 Å². The normalized spacial score (nSPS) is 13.2. The second-order valence-corrected chi connectivity index (χ2v) is 7.11. The lowest BCUT2D eigenvalue weighted by atomic mass is 9.87. The van der Waals surface area contributed by atoms with Gasteiger partial charge < -0.3 is 11.1 Å². The number of aryl methyl sites for hydroxylation is 1. The van der Waals surface area contributed by atoms with Gasteiger partial charge in [0.2, 0.25) is 5.91 Å². The topological polar surface area (TPSA) is 55.1 Å². The molecule has 1 unspecified atom stereocenters. The van der Waals surface area contributed by atoms with Crippen LogP contribution in [-0.2, 0) is 4.79 Å². The zero-order valence-electron chi connectivity index (χ0n) is 12.1. The fourth-order valence-electron chi connectivity index (χ4n) is 2.02. The maximum Gasteiger partial charge on any atom is 0.225 e. The van der Waals surface area contributed by atoms with Crippen molar-refractivity contribution in [2.75, 3.05) is 5.32 Å². The lowest BCUT2D eigenvalue weighted by Crippen LogP contribution is -2.31. The van der Waals surface area contributed by atoms with E-state index in [0.29, 0.717) is 6.42 Å². The maximum absolute atomic E-state index is 11.9. The largest absolute Gasteiger partial charge is 0.327 e. The minimum absolute atomic E-state index is 0.0405. The van der Waals surface area contributed by atoms with Crippen LogP contribution in [0.1, 0.15) is 39.2 Å². The van der Waals surface area contributed by atoms with E-state index in [1.807, 2.05) is 25.1 Å². The van der Waals surface area contributed by atoms with Gasteiger partial charge in [0, 0.05) is 16.9 Å². The number of carbonyl (C=O) groups excluding carboxylic acids is 1. The SMILES string of the molecule is Cc1ccc(NC(=O)CC(N)CC(C)(C)C)c(Br)c1. The van der Waals surface area contributed by atoms with Gasteiger partial charge in [0.25, 0.3) is 0 Å². The summed E-state index contributed by atoms with van der Waals surface area (Å²) in [6.07, 6.45) is 1.17. The smallest absolute Gasteiger partial charge is 0.225 e. The minimum Gasteiger partial charge on any atom is -0.327 e. The number of rotatable bonds is 4. The summed E-state index contributed by atoms with van der Waals surface area (Å²) in [5.74, 6) is -0.0405. The van der Waals surface area contributed by atoms with Crippen LogP contribution in [0.15, 0.2) is 22.7 Å². The highest BCUT2D eigenvalue weighted by Gasteiger charge is 2.18. The van der Waals surface area contributed by atoms with Crippen molar-refractivity contribution in [3.05, 3.63) is 28.2 Å². The van der Waals surface area contributed by atoms with Crippen molar-refractivity contribution in [1.29, 1.82) is 0 Å². The zero-order valence-corrected chi connectivity index (χ0v) is 13.7. The van der Waals surface area contributed by atoms with Crippen LogP contribution >= 0.6 is 15.9 Å². The summed E-state index contributed by atoms with van der Waals surface area (Å²) in [6, 6.07) is 5.73. The number of hydrogen-bond donors (Lipinski definition) is 2. The van der Waals surface area contributed by atoms with Crippen LogP contribution in [0.2, 0.25) is 0 Å². The van der Waals surface area contributed by atoms with Gasteiger partial charge in [-0.25, -0.2) is 0 Å². The Kier molecular flexibility index (Phi) is 5.56. The Morgan fingerprint density at radius 3 is 2.58 bits per heavy atom. The first kappa shape index (κ1) is 16.2. The molecule has 1 aromatic rings. The number of benzene rings is 1. The lowest BCUT2D eigenvalue weighted by molar-refractivity contribution is -0.116. The third kappa shape index (κ3) is 6.21. The van der Waals surface area contributed by atoms with Crippen LogP contribution < -0.4 is 11.1 Å². The van der Waals surface area contributed by atoms with E-state index >= 15 is 0 Å². The molecule has 3 nitrogen and oxygen atoms in total. The van der Waals surface area contributed by atoms with Crippen molar-refractivity contribution in [1.82, 2.24) is 0 Å². The molecule has 0 heterocycles. The van der Waals surface area contributed by atoms with Crippen molar-refractivity contribution in [3.8, 4) is 0 Å². The molecule has 0 aliphatic heterocycles. The highest BCUT2D eigenvalue weighted by molar-refractivity contribution is 9.10. The summed E-state index contributed by atoms with van der Waals surface area (Å²) < 4.78 is 0.894. The van der Waals surface area contributed by atoms with Gasteiger partial charge in [-0.05, 0) is 52.4 Å². The van der Waals surface area contributed by atoms with Crippen LogP contribution in [-0.4, -0.2) is 11.9 Å². The Morgan fingerprint density at radius 1 is 1.42 bits per heavy atom. The summed E-state index contributed by atoms with van der Waals surface area (Å²) in [5.41, 5.74) is 8.08. The number of carbonyl (C=O) groups is 1. The molecule has 1 amide bonds. The van der Waals surface area contributed by atoms with E-state index in [9.17, 15) is 4.79 Å². The van der Waals surface area contributed by atoms with Crippen molar-refractivity contribution in [3.63, 3.8) is 0 Å². The minimum atomic E-state index is -0.107. The first-order valence-electron chi connectivity index (χ1n) is 6.49. The molecule has 0 saturated carbocycles. The summed E-state index contributed by atoms with van der Waals surface area (Å²) in [7, 11) is 0. The molecule has 0 bridgehead atoms. The monoisotopic (exact) mass is 326 g/mol. The zero-order chi connectivity index (χ0) is 14.6. The van der Waals surface area contributed by atoms with Crippen LogP contribution in [0.25, 0.3) is 0 Å². The molecule has 0 saturated heterocycles. The Labute approximate surface area is 124 Å². The van der Waals surface area contributed by atoms with Crippen LogP contribution in [0.3, 0.4) is 0 Å². The molecule has 0 radical (unpaired) electrons. The summed E-state index contributed by atoms with van der Waals surface area (Å²) in [5, 5.41) is 2.89. The van der Waals surface area contributed by atoms with Crippen LogP contribution in [0, 0.1) is 12.3 Å². The van der Waals surface area contributed by atoms with Gasteiger partial charge in [0.1, 0.15) is 0 Å². The van der Waals surface area contributed by atoms with Crippen LogP contribution in [0.5, 0.6) is 0 Å². The molecular weight excluding hydrogens is 304 g/mol. The first-order chi connectivity index (χ1) is 8.67. The third-order valence-corrected chi connectivity index (χ3v) is 3.38. The van der Waals surface area contributed by atoms with E-state index in [1.165, 1.54) is 0 Å². The molecule has 0 aromatic heterocycles. The number of hydrogen-bond acceptors (Lipinski definition) is 2. The van der Waals surface area contributed by atoms with Gasteiger partial charge in [-0.15, -0.1) is 0 Å². The second kappa shape index (κ2) is 6.53. The molecule has 106 valence electrons. The highest BCUT2D eigenvalue weighted by Crippen LogP contribution is 2.24. The standard InChI is InChI=1S/C15H23BrN2O/c1-10-5-6-13(12(16)7-10)18-14(19)8-11(17)9-15(2,3)4/h5-7,11H,8-9,17H2,1-4H3,(H,18,19). The molecule has 3 N–H and O–H groups in total. The van der Waals surface area contributed by atoms with E-state index in [1.54, 1.807) is 0 Å². The lowest BCUT2D eigenvalue weighted by Gasteiger charge is -2.22. The predicted octanol–water partition coefficient (Wildman–Crippen LogP) is 3.85. The Morgan fingerprint density at radius 2 is 2.05 bits per heavy atom. The van der Waals surface area contributed by atoms with Crippen molar-refractivity contribution in [2.45, 2.75) is 46.6 Å². The molecule has 1 atom stereocenters. The molecule has 4 heteroatoms. The molecule has 19 heavy (non-hydrogen) atoms. The predicted molar refractivity (Wildman–Crippen MR) is 84.2 cm³/mol. The first-order valence-corrected chi connectivity index (χ1v) is 7.28. The Bertz CT molecular complexity index is 452. The summed E-state index contributed by atoms with van der Waals surface area (Å²) in [6.45, 7) is 8.39. The third-order valence-electron chi connectivity index (χ3n) is 2.72. The van der Waals surface area contributed by atoms with Gasteiger partial charge in [0.05, 0.1) is 5.69 Å². The number of halogens is 1. The molecule has 0 spiro atoms. The van der Waals surface area contributed by atoms with E-state index in [4.69, 9.17) is 5.73 Å². The van der Waals surface area contributed by atoms with Gasteiger partial charge in [-0.1, -0.05) is 26.8 Å². The average molecular weight is 327 g/mol. The van der Waals surface area contributed by atoms with E-state index in [2.05, 4.69) is 42.0 Å². The quantitative estimate of drug-likeness (QED) is 0.882. The van der Waals surface area contributed by atoms with E-state index in [-0.39, 0.29) is 17.4 Å². The molecular formula is C15H23BrN2O. The fraction of sp³-hybridized carbons (Fsp3) is 0.533. The fourth-order valence-corrected chi connectivity index (χ4v) is 2.61. The van der Waals surface area contributed by atoms with Gasteiger partial charge in [-0.2, -0.15) is 0 Å². The van der Waals surface area contributed by atoms with E-state index < -0.39 is 0 Å². The number of anilines is 1. The maximum atomic E-state index is 11.9. The highest BCUT2D eigenvalue weighted by atomic mass is 79.9. The van der Waals surface area contributed by atoms with Crippen molar-refractivity contribution in [2.24, 2.45) is 11.1 Å². The molecule has 1 rings (SSSR count). The number of nitrogens with two attached hydrogens (primary N) is 1. The Balaban J connectivity index is 2.56. The van der Waals surface area contributed by atoms with Crippen molar-refractivity contribution < 1.29 is 4.79 Å². The molecule has 0 aliphatic carbocycles. The van der Waals surface area contributed by atoms with E-state index in [0.717, 1.165) is 22.1 Å². The second-order valence-electron chi connectivity index (χ2n) is 6.26. The summed E-state index contributed by atoms with van der Waals surface area (Å²) in [4.78, 5) is 11.9. The van der Waals surface area contributed by atoms with Gasteiger partial charge >= 0.3 is 0 Å². The van der Waals surface area contributed by atoms with Crippen molar-refractivity contribution >= 4 is 27.5 Å². The number of nitrogens with one attached hydrogen (secondary N) is 1. The summed E-state index contributed by atoms with van der Waals surface area (Å²) >= 11 is 3.44. The van der Waals surface area contributed by atoms with Gasteiger partial charge in [-0.3, -0.25) is 4.79 Å². The Hall–Kier alpha value is -0.870.